The lowest BCUT2D eigenvalue weighted by Gasteiger charge is -2.37. The van der Waals surface area contributed by atoms with Crippen molar-refractivity contribution in [3.05, 3.63) is 46.1 Å². The van der Waals surface area contributed by atoms with Gasteiger partial charge >= 0.3 is 0 Å². The summed E-state index contributed by atoms with van der Waals surface area (Å²) in [5, 5.41) is 13.6. The van der Waals surface area contributed by atoms with Crippen molar-refractivity contribution < 1.29 is 24.2 Å². The molecule has 2 aliphatic heterocycles. The molecule has 1 fully saturated rings. The number of nitrogens with zero attached hydrogens (tertiary/aromatic N) is 2. The number of amides is 2. The number of carbonyl (C=O) groups excluding carboxylic acids is 2. The van der Waals surface area contributed by atoms with Crippen LogP contribution in [0.5, 0.6) is 11.6 Å². The zero-order valence-electron chi connectivity index (χ0n) is 17.1. The molecule has 5 rings (SSSR count). The highest BCUT2D eigenvalue weighted by Crippen LogP contribution is 2.44. The molecule has 1 atom stereocenters. The molecule has 1 aromatic carbocycles. The predicted octanol–water partition coefficient (Wildman–Crippen LogP) is 3.22. The van der Waals surface area contributed by atoms with E-state index in [0.29, 0.717) is 17.8 Å². The number of ether oxygens (including phenoxy) is 2. The maximum Gasteiger partial charge on any atom is 0.261 e. The van der Waals surface area contributed by atoms with Crippen LogP contribution in [0.4, 0.5) is 5.69 Å². The van der Waals surface area contributed by atoms with E-state index in [1.54, 1.807) is 30.9 Å². The summed E-state index contributed by atoms with van der Waals surface area (Å²) in [6, 6.07) is 5.06. The normalized spacial score (nSPS) is 18.2. The van der Waals surface area contributed by atoms with Crippen LogP contribution in [0.3, 0.4) is 0 Å². The Balaban J connectivity index is 1.46. The third kappa shape index (κ3) is 3.40. The minimum Gasteiger partial charge on any atom is -0.451 e. The van der Waals surface area contributed by atoms with Gasteiger partial charge in [-0.2, -0.15) is 0 Å². The Kier molecular flexibility index (Phi) is 4.60. The van der Waals surface area contributed by atoms with Gasteiger partial charge in [0.2, 0.25) is 6.79 Å². The van der Waals surface area contributed by atoms with Crippen LogP contribution in [0.1, 0.15) is 53.0 Å². The van der Waals surface area contributed by atoms with E-state index in [1.165, 1.54) is 6.20 Å². The molecule has 0 spiro atoms. The molecule has 2 N–H and O–H groups in total. The van der Waals surface area contributed by atoms with E-state index < -0.39 is 11.5 Å². The van der Waals surface area contributed by atoms with Crippen LogP contribution in [0, 0.1) is 5.92 Å². The first-order chi connectivity index (χ1) is 14.8. The Bertz CT molecular complexity index is 1090. The van der Waals surface area contributed by atoms with Crippen molar-refractivity contribution in [1.82, 2.24) is 9.88 Å². The quantitative estimate of drug-likeness (QED) is 0.735. The lowest BCUT2D eigenvalue weighted by molar-refractivity contribution is -0.0224. The van der Waals surface area contributed by atoms with Crippen molar-refractivity contribution in [1.29, 1.82) is 0 Å². The average Bonchev–Trinajstić information content (AvgIpc) is 3.30. The van der Waals surface area contributed by atoms with Crippen LogP contribution >= 0.6 is 11.6 Å². The summed E-state index contributed by atoms with van der Waals surface area (Å²) >= 11 is 6.21. The Morgan fingerprint density at radius 1 is 1.35 bits per heavy atom. The molecule has 1 aromatic heterocycles. The third-order valence-corrected chi connectivity index (χ3v) is 6.21. The van der Waals surface area contributed by atoms with Crippen molar-refractivity contribution in [2.45, 2.75) is 44.9 Å². The van der Waals surface area contributed by atoms with Gasteiger partial charge < -0.3 is 24.8 Å². The van der Waals surface area contributed by atoms with Gasteiger partial charge in [0.05, 0.1) is 34.1 Å². The number of aromatic nitrogens is 1. The van der Waals surface area contributed by atoms with Crippen molar-refractivity contribution in [2.75, 3.05) is 12.1 Å². The molecule has 0 saturated heterocycles. The third-order valence-electron chi connectivity index (χ3n) is 5.92. The number of benzene rings is 1. The molecule has 8 nitrogen and oxygen atoms in total. The first-order valence-electron chi connectivity index (χ1n) is 10.2. The van der Waals surface area contributed by atoms with Gasteiger partial charge in [0.25, 0.3) is 17.7 Å². The second-order valence-electron chi connectivity index (χ2n) is 8.68. The maximum atomic E-state index is 13.4. The summed E-state index contributed by atoms with van der Waals surface area (Å²) in [7, 11) is 0. The first kappa shape index (κ1) is 20.1. The highest BCUT2D eigenvalue weighted by atomic mass is 35.5. The highest BCUT2D eigenvalue weighted by molar-refractivity contribution is 6.35. The molecule has 0 radical (unpaired) electrons. The standard InChI is InChI=1S/C22H22ClN3O5/c1-22(2,29)18(11-6-7-11)26-9-12-4-3-5-14(15(12)21(26)28)25-19(27)16-13(23)8-24-20-17(16)30-10-31-20/h3-5,8,11,18,29H,6-7,9-10H2,1-2H3,(H,25,27). The van der Waals surface area contributed by atoms with E-state index in [4.69, 9.17) is 21.1 Å². The zero-order chi connectivity index (χ0) is 21.9. The topological polar surface area (TPSA) is 101 Å². The van der Waals surface area contributed by atoms with E-state index in [9.17, 15) is 14.7 Å². The number of anilines is 1. The summed E-state index contributed by atoms with van der Waals surface area (Å²) in [5.41, 5.74) is 0.718. The fraction of sp³-hybridized carbons (Fsp3) is 0.409. The molecule has 2 amide bonds. The molecule has 2 aromatic rings. The van der Waals surface area contributed by atoms with Gasteiger partial charge in [0.15, 0.2) is 5.75 Å². The van der Waals surface area contributed by atoms with Crippen molar-refractivity contribution in [3.8, 4) is 11.6 Å². The molecule has 0 bridgehead atoms. The fourth-order valence-corrected chi connectivity index (χ4v) is 4.79. The number of aliphatic hydroxyl groups is 1. The van der Waals surface area contributed by atoms with Gasteiger partial charge in [-0.3, -0.25) is 9.59 Å². The average molecular weight is 444 g/mol. The lowest BCUT2D eigenvalue weighted by atomic mass is 9.93. The minimum atomic E-state index is -1.02. The molecule has 1 aliphatic carbocycles. The van der Waals surface area contributed by atoms with Gasteiger partial charge in [-0.1, -0.05) is 23.7 Å². The SMILES string of the molecule is CC(C)(O)C(C1CC1)N1Cc2cccc(NC(=O)c3c(Cl)cnc4c3OCO4)c2C1=O. The fourth-order valence-electron chi connectivity index (χ4n) is 4.57. The number of fused-ring (bicyclic) bond motifs is 2. The smallest absolute Gasteiger partial charge is 0.261 e. The first-order valence-corrected chi connectivity index (χ1v) is 10.5. The Morgan fingerprint density at radius 3 is 2.84 bits per heavy atom. The minimum absolute atomic E-state index is 0.0450. The van der Waals surface area contributed by atoms with Gasteiger partial charge in [-0.25, -0.2) is 4.98 Å². The number of carbonyl (C=O) groups is 2. The van der Waals surface area contributed by atoms with Gasteiger partial charge in [-0.15, -0.1) is 0 Å². The van der Waals surface area contributed by atoms with Crippen LogP contribution in [-0.4, -0.2) is 45.2 Å². The number of hydrogen-bond donors (Lipinski definition) is 2. The number of hydrogen-bond acceptors (Lipinski definition) is 6. The van der Waals surface area contributed by atoms with Crippen LogP contribution in [0.15, 0.2) is 24.4 Å². The predicted molar refractivity (Wildman–Crippen MR) is 112 cm³/mol. The highest BCUT2D eigenvalue weighted by Gasteiger charge is 2.48. The summed E-state index contributed by atoms with van der Waals surface area (Å²) in [4.78, 5) is 32.2. The Hall–Kier alpha value is -2.84. The second-order valence-corrected chi connectivity index (χ2v) is 9.09. The number of pyridine rings is 1. The maximum absolute atomic E-state index is 13.4. The van der Waals surface area contributed by atoms with E-state index >= 15 is 0 Å². The molecule has 1 saturated carbocycles. The molecular weight excluding hydrogens is 422 g/mol. The van der Waals surface area contributed by atoms with Crippen molar-refractivity contribution in [3.63, 3.8) is 0 Å². The number of rotatable bonds is 5. The van der Waals surface area contributed by atoms with Crippen LogP contribution in [0.25, 0.3) is 0 Å². The van der Waals surface area contributed by atoms with E-state index in [2.05, 4.69) is 10.3 Å². The summed E-state index contributed by atoms with van der Waals surface area (Å²) in [6.07, 6.45) is 3.31. The molecule has 3 aliphatic rings. The van der Waals surface area contributed by atoms with Crippen LogP contribution in [-0.2, 0) is 6.54 Å². The van der Waals surface area contributed by atoms with Crippen LogP contribution in [0.2, 0.25) is 5.02 Å². The molecule has 31 heavy (non-hydrogen) atoms. The van der Waals surface area contributed by atoms with E-state index in [-0.39, 0.29) is 46.9 Å². The van der Waals surface area contributed by atoms with E-state index in [0.717, 1.165) is 18.4 Å². The van der Waals surface area contributed by atoms with E-state index in [1.807, 2.05) is 6.07 Å². The molecular formula is C22H22ClN3O5. The molecule has 9 heteroatoms. The second kappa shape index (κ2) is 7.10. The molecule has 1 unspecified atom stereocenters. The van der Waals surface area contributed by atoms with Crippen molar-refractivity contribution in [2.24, 2.45) is 5.92 Å². The number of nitrogens with one attached hydrogen (secondary N) is 1. The summed E-state index contributed by atoms with van der Waals surface area (Å²) < 4.78 is 10.6. The summed E-state index contributed by atoms with van der Waals surface area (Å²) in [6.45, 7) is 3.83. The largest absolute Gasteiger partial charge is 0.451 e. The van der Waals surface area contributed by atoms with Gasteiger partial charge in [0, 0.05) is 6.54 Å². The molecule has 162 valence electrons. The van der Waals surface area contributed by atoms with Gasteiger partial charge in [-0.05, 0) is 44.2 Å². The van der Waals surface area contributed by atoms with Crippen LogP contribution < -0.4 is 14.8 Å². The molecule has 3 heterocycles. The summed E-state index contributed by atoms with van der Waals surface area (Å²) in [5.74, 6) is -0.0499. The van der Waals surface area contributed by atoms with Crippen molar-refractivity contribution >= 4 is 29.1 Å². The Morgan fingerprint density at radius 2 is 2.13 bits per heavy atom. The Labute approximate surface area is 184 Å². The lowest BCUT2D eigenvalue weighted by Crippen LogP contribution is -2.51. The van der Waals surface area contributed by atoms with Gasteiger partial charge in [0.1, 0.15) is 5.56 Å². The zero-order valence-corrected chi connectivity index (χ0v) is 17.9. The number of halogens is 1. The monoisotopic (exact) mass is 443 g/mol.